The van der Waals surface area contributed by atoms with Crippen LogP contribution in [0.15, 0.2) is 46.5 Å². The van der Waals surface area contributed by atoms with Crippen LogP contribution in [0.5, 0.6) is 0 Å². The number of hydrogen-bond donors (Lipinski definition) is 1. The Morgan fingerprint density at radius 1 is 1.33 bits per heavy atom. The third kappa shape index (κ3) is 2.43. The molecule has 0 saturated carbocycles. The molecule has 3 nitrogen and oxygen atoms in total. The number of halogens is 1. The second-order valence-corrected chi connectivity index (χ2v) is 6.21. The summed E-state index contributed by atoms with van der Waals surface area (Å²) in [4.78, 5) is 5.34. The van der Waals surface area contributed by atoms with Crippen LogP contribution in [-0.4, -0.2) is 4.98 Å². The van der Waals surface area contributed by atoms with Gasteiger partial charge in [-0.2, -0.15) is 0 Å². The smallest absolute Gasteiger partial charge is 0.183 e. The molecule has 3 aromatic rings. The second kappa shape index (κ2) is 5.14. The van der Waals surface area contributed by atoms with Gasteiger partial charge in [0.15, 0.2) is 5.13 Å². The minimum Gasteiger partial charge on any atom is -0.467 e. The zero-order valence-corrected chi connectivity index (χ0v) is 11.6. The molecule has 0 bridgehead atoms. The van der Waals surface area contributed by atoms with Gasteiger partial charge in [0.25, 0.3) is 0 Å². The summed E-state index contributed by atoms with van der Waals surface area (Å²) in [5.74, 6) is 0.851. The van der Waals surface area contributed by atoms with Crippen LogP contribution >= 0.6 is 34.3 Å². The molecule has 0 saturated heterocycles. The summed E-state index contributed by atoms with van der Waals surface area (Å²) in [5, 5.41) is 6.15. The fourth-order valence-electron chi connectivity index (χ4n) is 1.64. The van der Waals surface area contributed by atoms with Gasteiger partial charge in [0.2, 0.25) is 0 Å². The fourth-order valence-corrected chi connectivity index (χ4v) is 3.32. The second-order valence-electron chi connectivity index (χ2n) is 3.57. The summed E-state index contributed by atoms with van der Waals surface area (Å²) in [6.45, 7) is 0. The lowest BCUT2D eigenvalue weighted by Crippen LogP contribution is -2.09. The normalized spacial score (nSPS) is 12.5. The van der Waals surface area contributed by atoms with E-state index < -0.39 is 0 Å². The molecule has 0 fully saturated rings. The van der Waals surface area contributed by atoms with Gasteiger partial charge in [-0.1, -0.05) is 11.6 Å². The maximum Gasteiger partial charge on any atom is 0.183 e. The maximum atomic E-state index is 5.99. The lowest BCUT2D eigenvalue weighted by molar-refractivity contribution is 0.500. The van der Waals surface area contributed by atoms with Gasteiger partial charge in [-0.3, -0.25) is 0 Å². The first-order valence-corrected chi connectivity index (χ1v) is 7.35. The van der Waals surface area contributed by atoms with Crippen LogP contribution in [0.4, 0.5) is 5.13 Å². The minimum absolute atomic E-state index is 0.0522. The molecule has 6 heteroatoms. The number of nitrogens with one attached hydrogen (secondary N) is 1. The van der Waals surface area contributed by atoms with Gasteiger partial charge >= 0.3 is 0 Å². The first-order valence-electron chi connectivity index (χ1n) is 5.27. The van der Waals surface area contributed by atoms with E-state index in [1.54, 1.807) is 23.8 Å². The largest absolute Gasteiger partial charge is 0.467 e. The molecule has 0 aliphatic carbocycles. The Morgan fingerprint density at radius 3 is 2.89 bits per heavy atom. The average molecular weight is 297 g/mol. The quantitative estimate of drug-likeness (QED) is 0.761. The van der Waals surface area contributed by atoms with Crippen molar-refractivity contribution in [2.45, 2.75) is 6.04 Å². The third-order valence-electron chi connectivity index (χ3n) is 2.41. The Hall–Kier alpha value is -1.30. The Morgan fingerprint density at radius 2 is 2.28 bits per heavy atom. The first kappa shape index (κ1) is 11.8. The molecule has 3 heterocycles. The minimum atomic E-state index is -0.0522. The summed E-state index contributed by atoms with van der Waals surface area (Å²) in [7, 11) is 0. The molecule has 18 heavy (non-hydrogen) atoms. The average Bonchev–Trinajstić information content (AvgIpc) is 3.09. The number of rotatable bonds is 4. The monoisotopic (exact) mass is 296 g/mol. The highest BCUT2D eigenvalue weighted by molar-refractivity contribution is 7.16. The van der Waals surface area contributed by atoms with E-state index in [1.165, 1.54) is 11.3 Å². The van der Waals surface area contributed by atoms with Gasteiger partial charge in [-0.15, -0.1) is 22.7 Å². The lowest BCUT2D eigenvalue weighted by atomic mass is 10.2. The fraction of sp³-hybridized carbons (Fsp3) is 0.0833. The summed E-state index contributed by atoms with van der Waals surface area (Å²) in [6, 6.07) is 7.66. The number of hydrogen-bond acceptors (Lipinski definition) is 5. The highest BCUT2D eigenvalue weighted by Gasteiger charge is 2.19. The predicted octanol–water partition coefficient (Wildman–Crippen LogP) is 4.65. The molecular formula is C12H9ClN2OS2. The Balaban J connectivity index is 1.93. The summed E-state index contributed by atoms with van der Waals surface area (Å²) in [5.41, 5.74) is 0. The van der Waals surface area contributed by atoms with E-state index in [0.717, 1.165) is 20.1 Å². The number of thiophene rings is 1. The van der Waals surface area contributed by atoms with Crippen molar-refractivity contribution >= 4 is 39.4 Å². The number of thiazole rings is 1. The zero-order valence-electron chi connectivity index (χ0n) is 9.17. The molecule has 0 aliphatic rings. The van der Waals surface area contributed by atoms with Gasteiger partial charge < -0.3 is 9.73 Å². The molecule has 1 N–H and O–H groups in total. The van der Waals surface area contributed by atoms with Crippen LogP contribution in [0.25, 0.3) is 0 Å². The first-order chi connectivity index (χ1) is 8.83. The van der Waals surface area contributed by atoms with E-state index in [9.17, 15) is 0 Å². The Bertz CT molecular complexity index is 604. The van der Waals surface area contributed by atoms with Crippen molar-refractivity contribution in [2.75, 3.05) is 5.32 Å². The van der Waals surface area contributed by atoms with Crippen LogP contribution in [-0.2, 0) is 0 Å². The van der Waals surface area contributed by atoms with Crippen molar-refractivity contribution in [3.05, 3.63) is 57.1 Å². The van der Waals surface area contributed by atoms with Crippen molar-refractivity contribution in [3.8, 4) is 0 Å². The summed E-state index contributed by atoms with van der Waals surface area (Å²) >= 11 is 9.09. The van der Waals surface area contributed by atoms with E-state index in [-0.39, 0.29) is 6.04 Å². The van der Waals surface area contributed by atoms with Gasteiger partial charge in [0, 0.05) is 16.5 Å². The van der Waals surface area contributed by atoms with Crippen LogP contribution in [0.2, 0.25) is 4.34 Å². The Labute approximate surface area is 117 Å². The van der Waals surface area contributed by atoms with E-state index in [1.807, 2.05) is 29.6 Å². The van der Waals surface area contributed by atoms with Crippen molar-refractivity contribution < 1.29 is 4.42 Å². The standard InChI is InChI=1S/C12H9ClN2OS2/c13-10-4-3-9(18-10)11(8-2-1-6-16-8)15-12-14-5-7-17-12/h1-7,11H,(H,14,15). The van der Waals surface area contributed by atoms with Crippen molar-refractivity contribution in [2.24, 2.45) is 0 Å². The van der Waals surface area contributed by atoms with Crippen molar-refractivity contribution in [1.29, 1.82) is 0 Å². The Kier molecular flexibility index (Phi) is 3.36. The third-order valence-corrected chi connectivity index (χ3v) is 4.41. The van der Waals surface area contributed by atoms with Gasteiger partial charge in [0.1, 0.15) is 11.8 Å². The highest BCUT2D eigenvalue weighted by atomic mass is 35.5. The van der Waals surface area contributed by atoms with Crippen LogP contribution < -0.4 is 5.32 Å². The highest BCUT2D eigenvalue weighted by Crippen LogP contribution is 2.34. The predicted molar refractivity (Wildman–Crippen MR) is 75.6 cm³/mol. The van der Waals surface area contributed by atoms with E-state index in [4.69, 9.17) is 16.0 Å². The van der Waals surface area contributed by atoms with Gasteiger partial charge in [-0.25, -0.2) is 4.98 Å². The maximum absolute atomic E-state index is 5.99. The van der Waals surface area contributed by atoms with Gasteiger partial charge in [0.05, 0.1) is 10.6 Å². The molecule has 0 aliphatic heterocycles. The molecule has 3 rings (SSSR count). The van der Waals surface area contributed by atoms with Crippen molar-refractivity contribution in [1.82, 2.24) is 4.98 Å². The van der Waals surface area contributed by atoms with E-state index >= 15 is 0 Å². The van der Waals surface area contributed by atoms with E-state index in [2.05, 4.69) is 10.3 Å². The van der Waals surface area contributed by atoms with Crippen LogP contribution in [0.1, 0.15) is 16.7 Å². The molecule has 3 aromatic heterocycles. The molecule has 92 valence electrons. The number of aromatic nitrogens is 1. The molecule has 1 unspecified atom stereocenters. The molecule has 0 amide bonds. The molecule has 1 atom stereocenters. The van der Waals surface area contributed by atoms with E-state index in [0.29, 0.717) is 0 Å². The number of anilines is 1. The summed E-state index contributed by atoms with van der Waals surface area (Å²) < 4.78 is 6.25. The van der Waals surface area contributed by atoms with Crippen LogP contribution in [0.3, 0.4) is 0 Å². The SMILES string of the molecule is Clc1ccc(C(Nc2nccs2)c2ccco2)s1. The molecule has 0 radical (unpaired) electrons. The topological polar surface area (TPSA) is 38.1 Å². The van der Waals surface area contributed by atoms with Crippen LogP contribution in [0, 0.1) is 0 Å². The summed E-state index contributed by atoms with van der Waals surface area (Å²) in [6.07, 6.45) is 3.44. The lowest BCUT2D eigenvalue weighted by Gasteiger charge is -2.14. The van der Waals surface area contributed by atoms with Gasteiger partial charge in [-0.05, 0) is 24.3 Å². The molecule has 0 spiro atoms. The van der Waals surface area contributed by atoms with Crippen molar-refractivity contribution in [3.63, 3.8) is 0 Å². The molecule has 0 aromatic carbocycles. The number of furan rings is 1. The zero-order chi connectivity index (χ0) is 12.4. The number of nitrogens with zero attached hydrogens (tertiary/aromatic N) is 1. The molecular weight excluding hydrogens is 288 g/mol.